The Morgan fingerprint density at radius 3 is 2.50 bits per heavy atom. The van der Waals surface area contributed by atoms with Gasteiger partial charge in [-0.15, -0.1) is 0 Å². The second-order valence-corrected chi connectivity index (χ2v) is 12.1. The predicted octanol–water partition coefficient (Wildman–Crippen LogP) is 3.44. The molecule has 1 saturated carbocycles. The van der Waals surface area contributed by atoms with Gasteiger partial charge in [-0.05, 0) is 71.0 Å². The number of halogens is 1. The molecule has 0 bridgehead atoms. The minimum Gasteiger partial charge on any atom is -0.492 e. The average molecular weight is 659 g/mol. The van der Waals surface area contributed by atoms with E-state index in [4.69, 9.17) is 4.74 Å². The number of amides is 3. The second-order valence-electron chi connectivity index (χ2n) is 10.8. The second kappa shape index (κ2) is 14.6. The maximum atomic E-state index is 13.6. The summed E-state index contributed by atoms with van der Waals surface area (Å²) in [6.45, 7) is 4.91. The molecule has 0 radical (unpaired) electrons. The molecule has 8 nitrogen and oxygen atoms in total. The number of hydrogen-bond acceptors (Lipinski definition) is 5. The molecule has 1 fully saturated rings. The zero-order valence-electron chi connectivity index (χ0n) is 23.1. The quantitative estimate of drug-likeness (QED) is 0.369. The van der Waals surface area contributed by atoms with Gasteiger partial charge in [0, 0.05) is 22.2 Å². The highest BCUT2D eigenvalue weighted by molar-refractivity contribution is 14.1. The Labute approximate surface area is 250 Å². The molecule has 0 unspecified atom stereocenters. The van der Waals surface area contributed by atoms with Gasteiger partial charge in [-0.3, -0.25) is 14.4 Å². The molecule has 0 saturated heterocycles. The zero-order valence-corrected chi connectivity index (χ0v) is 25.3. The van der Waals surface area contributed by atoms with Crippen LogP contribution in [0.3, 0.4) is 0 Å². The first-order valence-corrected chi connectivity index (χ1v) is 15.1. The molecule has 2 aromatic carbocycles. The van der Waals surface area contributed by atoms with Crippen LogP contribution in [0.5, 0.6) is 5.75 Å². The van der Waals surface area contributed by atoms with Crippen LogP contribution >= 0.6 is 22.6 Å². The van der Waals surface area contributed by atoms with Gasteiger partial charge in [-0.1, -0.05) is 69.2 Å². The Hall–Kier alpha value is -2.92. The van der Waals surface area contributed by atoms with E-state index in [0.29, 0.717) is 38.5 Å². The largest absolute Gasteiger partial charge is 0.492 e. The summed E-state index contributed by atoms with van der Waals surface area (Å²) in [6.07, 6.45) is 6.97. The van der Waals surface area contributed by atoms with Crippen LogP contribution in [0.1, 0.15) is 44.2 Å². The van der Waals surface area contributed by atoms with Crippen molar-refractivity contribution in [3.63, 3.8) is 0 Å². The maximum Gasteiger partial charge on any atom is 0.243 e. The number of para-hydroxylation sites is 1. The van der Waals surface area contributed by atoms with Crippen LogP contribution in [-0.2, 0) is 20.8 Å². The molecule has 1 aliphatic heterocycles. The van der Waals surface area contributed by atoms with Crippen LogP contribution in [0.2, 0.25) is 0 Å². The normalized spacial score (nSPS) is 24.0. The number of nitrogens with one attached hydrogen (secondary N) is 4. The Morgan fingerprint density at radius 2 is 1.75 bits per heavy atom. The lowest BCUT2D eigenvalue weighted by Crippen LogP contribution is -2.58. The molecule has 40 heavy (non-hydrogen) atoms. The van der Waals surface area contributed by atoms with Crippen molar-refractivity contribution in [3.8, 4) is 5.75 Å². The Balaban J connectivity index is 1.58. The Bertz CT molecular complexity index is 1210. The number of rotatable bonds is 5. The summed E-state index contributed by atoms with van der Waals surface area (Å²) < 4.78 is 7.14. The standard InChI is InChI=1S/C31H39IN4O4/c1-20(2)28-31(39)35-26(18-21-12-13-21)29(37)34-14-6-9-23-8-3-4-11-27(23)40-16-15-33-25(30(38)36-28)19-22-7-5-10-24(32)17-22/h3-11,17,20-21,25-26,28,33H,12-16,18-19H2,1-2H3,(H,34,37)(H,35,39)(H,36,38)/b9-6+/t25-,26+,28-/m1/s1. The number of ether oxygens (including phenoxy) is 1. The summed E-state index contributed by atoms with van der Waals surface area (Å²) in [5.74, 6) is 0.169. The lowest BCUT2D eigenvalue weighted by atomic mass is 10.00. The fourth-order valence-electron chi connectivity index (χ4n) is 4.74. The Morgan fingerprint density at radius 1 is 0.950 bits per heavy atom. The molecule has 2 aliphatic rings. The van der Waals surface area contributed by atoms with E-state index in [9.17, 15) is 14.4 Å². The third-order valence-electron chi connectivity index (χ3n) is 7.15. The van der Waals surface area contributed by atoms with Crippen LogP contribution in [-0.4, -0.2) is 55.5 Å². The van der Waals surface area contributed by atoms with E-state index in [1.807, 2.05) is 74.5 Å². The van der Waals surface area contributed by atoms with Crippen molar-refractivity contribution in [2.75, 3.05) is 19.7 Å². The number of benzene rings is 2. The minimum absolute atomic E-state index is 0.166. The molecule has 9 heteroatoms. The maximum absolute atomic E-state index is 13.6. The van der Waals surface area contributed by atoms with Crippen molar-refractivity contribution in [3.05, 3.63) is 69.3 Å². The van der Waals surface area contributed by atoms with Gasteiger partial charge in [0.05, 0.1) is 6.04 Å². The van der Waals surface area contributed by atoms with Crippen LogP contribution in [0, 0.1) is 15.4 Å². The smallest absolute Gasteiger partial charge is 0.243 e. The summed E-state index contributed by atoms with van der Waals surface area (Å²) in [5, 5.41) is 12.2. The van der Waals surface area contributed by atoms with Gasteiger partial charge in [-0.25, -0.2) is 0 Å². The van der Waals surface area contributed by atoms with Gasteiger partial charge in [0.2, 0.25) is 17.7 Å². The monoisotopic (exact) mass is 658 g/mol. The molecule has 1 aliphatic carbocycles. The topological polar surface area (TPSA) is 109 Å². The third-order valence-corrected chi connectivity index (χ3v) is 7.82. The minimum atomic E-state index is -0.774. The summed E-state index contributed by atoms with van der Waals surface area (Å²) in [5.41, 5.74) is 1.92. The molecular weight excluding hydrogens is 619 g/mol. The highest BCUT2D eigenvalue weighted by Crippen LogP contribution is 2.33. The van der Waals surface area contributed by atoms with Gasteiger partial charge >= 0.3 is 0 Å². The molecule has 0 aromatic heterocycles. The van der Waals surface area contributed by atoms with Crippen molar-refractivity contribution in [2.45, 2.75) is 57.7 Å². The van der Waals surface area contributed by atoms with Gasteiger partial charge in [0.25, 0.3) is 0 Å². The van der Waals surface area contributed by atoms with Gasteiger partial charge in [0.1, 0.15) is 24.4 Å². The third kappa shape index (κ3) is 9.05. The first-order valence-electron chi connectivity index (χ1n) is 14.0. The molecule has 0 spiro atoms. The van der Waals surface area contributed by atoms with E-state index in [1.54, 1.807) is 0 Å². The van der Waals surface area contributed by atoms with Crippen molar-refractivity contribution < 1.29 is 19.1 Å². The summed E-state index contributed by atoms with van der Waals surface area (Å²) in [4.78, 5) is 40.1. The first kappa shape index (κ1) is 30.0. The van der Waals surface area contributed by atoms with Crippen molar-refractivity contribution in [1.29, 1.82) is 0 Å². The number of hydrogen-bond donors (Lipinski definition) is 4. The zero-order chi connectivity index (χ0) is 28.5. The van der Waals surface area contributed by atoms with Crippen LogP contribution < -0.4 is 26.0 Å². The molecule has 4 rings (SSSR count). The fourth-order valence-corrected chi connectivity index (χ4v) is 5.35. The van der Waals surface area contributed by atoms with Crippen molar-refractivity contribution >= 4 is 46.4 Å². The number of carbonyl (C=O) groups excluding carboxylic acids is 3. The fraction of sp³-hybridized carbons (Fsp3) is 0.452. The van der Waals surface area contributed by atoms with Crippen LogP contribution in [0.25, 0.3) is 6.08 Å². The molecule has 214 valence electrons. The highest BCUT2D eigenvalue weighted by Gasteiger charge is 2.34. The van der Waals surface area contributed by atoms with E-state index >= 15 is 0 Å². The molecule has 3 atom stereocenters. The Kier molecular flexibility index (Phi) is 11.0. The highest BCUT2D eigenvalue weighted by atomic mass is 127. The molecule has 4 N–H and O–H groups in total. The average Bonchev–Trinajstić information content (AvgIpc) is 3.75. The predicted molar refractivity (Wildman–Crippen MR) is 165 cm³/mol. The van der Waals surface area contributed by atoms with E-state index in [1.165, 1.54) is 0 Å². The molecular formula is C31H39IN4O4. The molecule has 2 aromatic rings. The van der Waals surface area contributed by atoms with E-state index in [0.717, 1.165) is 33.3 Å². The number of carbonyl (C=O) groups is 3. The molecule has 3 amide bonds. The van der Waals surface area contributed by atoms with Crippen molar-refractivity contribution in [1.82, 2.24) is 21.3 Å². The van der Waals surface area contributed by atoms with Crippen LogP contribution in [0.4, 0.5) is 0 Å². The SMILES string of the molecule is CC(C)[C@H]1NC(=O)[C@@H](Cc2cccc(I)c2)NCCOc2ccccc2/C=C/CNC(=O)[C@H](CC2CC2)NC1=O. The van der Waals surface area contributed by atoms with Gasteiger partial charge in [-0.2, -0.15) is 0 Å². The van der Waals surface area contributed by atoms with Crippen LogP contribution in [0.15, 0.2) is 54.6 Å². The van der Waals surface area contributed by atoms with Crippen molar-refractivity contribution in [2.24, 2.45) is 11.8 Å². The first-order chi connectivity index (χ1) is 19.3. The lowest BCUT2D eigenvalue weighted by molar-refractivity contribution is -0.133. The summed E-state index contributed by atoms with van der Waals surface area (Å²) in [6, 6.07) is 13.7. The summed E-state index contributed by atoms with van der Waals surface area (Å²) in [7, 11) is 0. The number of fused-ring (bicyclic) bond motifs is 1. The summed E-state index contributed by atoms with van der Waals surface area (Å²) >= 11 is 2.26. The molecule has 1 heterocycles. The lowest BCUT2D eigenvalue weighted by Gasteiger charge is -2.27. The van der Waals surface area contributed by atoms with E-state index in [2.05, 4.69) is 43.9 Å². The van der Waals surface area contributed by atoms with Gasteiger partial charge in [0.15, 0.2) is 0 Å². The van der Waals surface area contributed by atoms with E-state index in [-0.39, 0.29) is 23.6 Å². The van der Waals surface area contributed by atoms with Gasteiger partial charge < -0.3 is 26.0 Å². The van der Waals surface area contributed by atoms with E-state index < -0.39 is 18.1 Å².